The number of carbonyl (C=O) groups is 1. The van der Waals surface area contributed by atoms with Crippen molar-refractivity contribution in [2.24, 2.45) is 5.73 Å². The molecule has 0 amide bonds. The smallest absolute Gasteiger partial charge is 0.338 e. The molecule has 1 aliphatic heterocycles. The van der Waals surface area contributed by atoms with E-state index in [-0.39, 0.29) is 29.4 Å². The van der Waals surface area contributed by atoms with Gasteiger partial charge in [0.2, 0.25) is 5.88 Å². The molecule has 2 rings (SSSR count). The van der Waals surface area contributed by atoms with Crippen LogP contribution >= 0.6 is 38.5 Å². The van der Waals surface area contributed by atoms with Gasteiger partial charge in [0.15, 0.2) is 0 Å². The van der Waals surface area contributed by atoms with E-state index in [9.17, 15) is 14.4 Å². The summed E-state index contributed by atoms with van der Waals surface area (Å²) in [6.07, 6.45) is 0. The predicted octanol–water partition coefficient (Wildman–Crippen LogP) is 3.84. The van der Waals surface area contributed by atoms with E-state index in [4.69, 9.17) is 15.2 Å². The first kappa shape index (κ1) is 18.7. The van der Waals surface area contributed by atoms with Crippen molar-refractivity contribution in [3.63, 3.8) is 0 Å². The van der Waals surface area contributed by atoms with Crippen LogP contribution in [0.15, 0.2) is 39.4 Å². The van der Waals surface area contributed by atoms with E-state index < -0.39 is 17.7 Å². The molecule has 1 aromatic rings. The molecular formula is C16H13BrFIN2O3. The molecule has 0 spiro atoms. The Morgan fingerprint density at radius 1 is 1.58 bits per heavy atom. The molecule has 2 N–H and O–H groups in total. The zero-order chi connectivity index (χ0) is 18.0. The van der Waals surface area contributed by atoms with Crippen LogP contribution in [0.3, 0.4) is 0 Å². The molecule has 5 nitrogen and oxygen atoms in total. The van der Waals surface area contributed by atoms with E-state index in [1.165, 1.54) is 12.1 Å². The second-order valence-electron chi connectivity index (χ2n) is 4.91. The van der Waals surface area contributed by atoms with Gasteiger partial charge in [-0.05, 0) is 70.1 Å². The van der Waals surface area contributed by atoms with Crippen molar-refractivity contribution in [1.82, 2.24) is 0 Å². The van der Waals surface area contributed by atoms with Crippen molar-refractivity contribution in [3.05, 3.63) is 54.3 Å². The molecule has 0 saturated carbocycles. The number of benzene rings is 1. The third kappa shape index (κ3) is 3.42. The molecule has 0 fully saturated rings. The third-order valence-electron chi connectivity index (χ3n) is 3.43. The number of rotatable bonds is 3. The molecule has 1 aliphatic rings. The maximum Gasteiger partial charge on any atom is 0.338 e. The zero-order valence-corrected chi connectivity index (χ0v) is 16.6. The number of hydrogen-bond acceptors (Lipinski definition) is 5. The van der Waals surface area contributed by atoms with Gasteiger partial charge in [0.25, 0.3) is 0 Å². The number of allylic oxidation sites excluding steroid dienone is 2. The van der Waals surface area contributed by atoms with Gasteiger partial charge in [-0.15, -0.1) is 0 Å². The van der Waals surface area contributed by atoms with Crippen LogP contribution in [0, 0.1) is 20.7 Å². The summed E-state index contributed by atoms with van der Waals surface area (Å²) < 4.78 is 25.5. The van der Waals surface area contributed by atoms with Crippen LogP contribution < -0.4 is 5.73 Å². The Morgan fingerprint density at radius 3 is 2.83 bits per heavy atom. The van der Waals surface area contributed by atoms with Crippen molar-refractivity contribution in [3.8, 4) is 6.07 Å². The van der Waals surface area contributed by atoms with Crippen molar-refractivity contribution in [2.75, 3.05) is 6.61 Å². The van der Waals surface area contributed by atoms with Crippen LogP contribution in [0.4, 0.5) is 4.39 Å². The summed E-state index contributed by atoms with van der Waals surface area (Å²) in [5.41, 5.74) is 6.38. The Morgan fingerprint density at radius 2 is 2.25 bits per heavy atom. The number of esters is 1. The average Bonchev–Trinajstić information content (AvgIpc) is 2.50. The Balaban J connectivity index is 2.75. The number of carbonyl (C=O) groups excluding carboxylic acids is 1. The predicted molar refractivity (Wildman–Crippen MR) is 96.8 cm³/mol. The summed E-state index contributed by atoms with van der Waals surface area (Å²) in [6.45, 7) is 3.38. The summed E-state index contributed by atoms with van der Waals surface area (Å²) in [5.74, 6) is -1.88. The maximum absolute atomic E-state index is 13.9. The van der Waals surface area contributed by atoms with Crippen LogP contribution in [0.2, 0.25) is 0 Å². The topological polar surface area (TPSA) is 85.3 Å². The summed E-state index contributed by atoms with van der Waals surface area (Å²) in [7, 11) is 0. The molecule has 24 heavy (non-hydrogen) atoms. The largest absolute Gasteiger partial charge is 0.463 e. The standard InChI is InChI=1S/C16H13BrFIN2O3/c1-3-23-16(22)12-7(2)24-15(21)10(6-20)13(12)9-4-8(18)5-11(19)14(9)17/h4-5,13H,3,21H2,1-2H3. The monoisotopic (exact) mass is 506 g/mol. The first-order chi connectivity index (χ1) is 11.3. The van der Waals surface area contributed by atoms with Gasteiger partial charge in [-0.1, -0.05) is 0 Å². The Kier molecular flexibility index (Phi) is 5.87. The lowest BCUT2D eigenvalue weighted by molar-refractivity contribution is -0.139. The van der Waals surface area contributed by atoms with Gasteiger partial charge >= 0.3 is 5.97 Å². The van der Waals surface area contributed by atoms with Crippen LogP contribution in [-0.4, -0.2) is 12.6 Å². The molecule has 1 heterocycles. The van der Waals surface area contributed by atoms with Gasteiger partial charge < -0.3 is 15.2 Å². The van der Waals surface area contributed by atoms with E-state index in [2.05, 4.69) is 15.9 Å². The van der Waals surface area contributed by atoms with E-state index >= 15 is 0 Å². The molecule has 126 valence electrons. The lowest BCUT2D eigenvalue weighted by Crippen LogP contribution is -2.26. The summed E-state index contributed by atoms with van der Waals surface area (Å²) in [5, 5.41) is 9.48. The Hall–Kier alpha value is -1.60. The van der Waals surface area contributed by atoms with E-state index in [1.54, 1.807) is 13.8 Å². The number of nitriles is 1. The molecule has 0 saturated heterocycles. The normalized spacial score (nSPS) is 17.4. The second-order valence-corrected chi connectivity index (χ2v) is 6.86. The van der Waals surface area contributed by atoms with E-state index in [0.717, 1.165) is 0 Å². The molecule has 1 aromatic carbocycles. The minimum absolute atomic E-state index is 0.0331. The van der Waals surface area contributed by atoms with Crippen molar-refractivity contribution in [2.45, 2.75) is 19.8 Å². The van der Waals surface area contributed by atoms with Crippen molar-refractivity contribution < 1.29 is 18.7 Å². The summed E-state index contributed by atoms with van der Waals surface area (Å²) >= 11 is 5.36. The first-order valence-corrected chi connectivity index (χ1v) is 8.78. The lowest BCUT2D eigenvalue weighted by Gasteiger charge is -2.27. The summed E-state index contributed by atoms with van der Waals surface area (Å²) in [6, 6.07) is 4.56. The first-order valence-electron chi connectivity index (χ1n) is 6.91. The van der Waals surface area contributed by atoms with E-state index in [1.807, 2.05) is 28.7 Å². The van der Waals surface area contributed by atoms with Gasteiger partial charge in [0, 0.05) is 8.04 Å². The lowest BCUT2D eigenvalue weighted by atomic mass is 9.83. The molecule has 0 radical (unpaired) electrons. The molecule has 1 unspecified atom stereocenters. The number of ether oxygens (including phenoxy) is 2. The van der Waals surface area contributed by atoms with Crippen LogP contribution in [-0.2, 0) is 14.3 Å². The minimum Gasteiger partial charge on any atom is -0.463 e. The van der Waals surface area contributed by atoms with Gasteiger partial charge in [-0.25, -0.2) is 9.18 Å². The average molecular weight is 507 g/mol. The van der Waals surface area contributed by atoms with Gasteiger partial charge in [0.1, 0.15) is 23.2 Å². The van der Waals surface area contributed by atoms with E-state index in [0.29, 0.717) is 13.6 Å². The van der Waals surface area contributed by atoms with Crippen molar-refractivity contribution >= 4 is 44.5 Å². The zero-order valence-electron chi connectivity index (χ0n) is 12.8. The highest BCUT2D eigenvalue weighted by Gasteiger charge is 2.37. The van der Waals surface area contributed by atoms with Crippen molar-refractivity contribution in [1.29, 1.82) is 5.26 Å². The highest BCUT2D eigenvalue weighted by molar-refractivity contribution is 14.1. The molecule has 0 aliphatic carbocycles. The fourth-order valence-electron chi connectivity index (χ4n) is 2.45. The Bertz CT molecular complexity index is 814. The number of nitrogens with zero attached hydrogens (tertiary/aromatic N) is 1. The number of hydrogen-bond donors (Lipinski definition) is 1. The quantitative estimate of drug-likeness (QED) is 0.382. The Labute approximate surface area is 160 Å². The highest BCUT2D eigenvalue weighted by atomic mass is 127. The molecule has 8 heteroatoms. The second kappa shape index (κ2) is 7.53. The molecule has 0 aromatic heterocycles. The van der Waals surface area contributed by atoms with Crippen LogP contribution in [0.1, 0.15) is 25.3 Å². The highest BCUT2D eigenvalue weighted by Crippen LogP contribution is 2.43. The fourth-order valence-corrected chi connectivity index (χ4v) is 3.52. The number of halogens is 3. The molecular weight excluding hydrogens is 494 g/mol. The van der Waals surface area contributed by atoms with Crippen LogP contribution in [0.5, 0.6) is 0 Å². The minimum atomic E-state index is -0.874. The van der Waals surface area contributed by atoms with Gasteiger partial charge in [0.05, 0.1) is 18.1 Å². The summed E-state index contributed by atoms with van der Waals surface area (Å²) in [4.78, 5) is 12.4. The maximum atomic E-state index is 13.9. The fraction of sp³-hybridized carbons (Fsp3) is 0.250. The van der Waals surface area contributed by atoms with Gasteiger partial charge in [-0.2, -0.15) is 5.26 Å². The molecule has 0 bridgehead atoms. The van der Waals surface area contributed by atoms with Gasteiger partial charge in [-0.3, -0.25) is 0 Å². The number of nitrogens with two attached hydrogens (primary N) is 1. The van der Waals surface area contributed by atoms with Crippen LogP contribution in [0.25, 0.3) is 0 Å². The SMILES string of the molecule is CCOC(=O)C1=C(C)OC(N)=C(C#N)C1c1cc(F)cc(I)c1Br. The third-order valence-corrected chi connectivity index (χ3v) is 5.91. The molecule has 1 atom stereocenters.